The van der Waals surface area contributed by atoms with Crippen molar-refractivity contribution in [2.24, 2.45) is 0 Å². The fourth-order valence-electron chi connectivity index (χ4n) is 4.24. The molecule has 0 aliphatic carbocycles. The molecule has 0 spiro atoms. The molecule has 2 heterocycles. The lowest BCUT2D eigenvalue weighted by Gasteiger charge is -2.20. The molecule has 5 heteroatoms. The van der Waals surface area contributed by atoms with E-state index >= 15 is 0 Å². The van der Waals surface area contributed by atoms with Gasteiger partial charge in [-0.25, -0.2) is 9.78 Å². The van der Waals surface area contributed by atoms with E-state index in [1.165, 1.54) is 0 Å². The van der Waals surface area contributed by atoms with Crippen molar-refractivity contribution in [3.05, 3.63) is 94.9 Å². The Balaban J connectivity index is 1.74. The molecule has 0 amide bonds. The van der Waals surface area contributed by atoms with Gasteiger partial charge in [0.25, 0.3) is 0 Å². The summed E-state index contributed by atoms with van der Waals surface area (Å²) >= 11 is 0. The third kappa shape index (κ3) is 4.69. The highest BCUT2D eigenvalue weighted by molar-refractivity contribution is 5.96. The van der Waals surface area contributed by atoms with Crippen LogP contribution in [0.25, 0.3) is 16.8 Å². The predicted molar refractivity (Wildman–Crippen MR) is 131 cm³/mol. The third-order valence-electron chi connectivity index (χ3n) is 5.96. The first-order valence-electron chi connectivity index (χ1n) is 11.5. The van der Waals surface area contributed by atoms with Crippen LogP contribution in [0.3, 0.4) is 0 Å². The summed E-state index contributed by atoms with van der Waals surface area (Å²) in [6, 6.07) is 19.3. The minimum Gasteiger partial charge on any atom is -0.478 e. The number of aromatic nitrogens is 2. The summed E-state index contributed by atoms with van der Waals surface area (Å²) in [7, 11) is 0. The monoisotopic (exact) mass is 442 g/mol. The topological polar surface area (TPSA) is 63.8 Å². The molecule has 1 unspecified atom stereocenters. The molecular weight excluding hydrogens is 412 g/mol. The highest BCUT2D eigenvalue weighted by atomic mass is 16.5. The molecule has 5 nitrogen and oxygen atoms in total. The first-order valence-corrected chi connectivity index (χ1v) is 11.5. The first-order chi connectivity index (χ1) is 16.0. The average molecular weight is 443 g/mol. The van der Waals surface area contributed by atoms with Gasteiger partial charge >= 0.3 is 5.97 Å². The van der Waals surface area contributed by atoms with Crippen LogP contribution in [-0.4, -0.2) is 27.1 Å². The molecule has 0 bridgehead atoms. The highest BCUT2D eigenvalue weighted by Gasteiger charge is 2.20. The summed E-state index contributed by atoms with van der Waals surface area (Å²) in [5.41, 5.74) is 7.12. The van der Waals surface area contributed by atoms with Gasteiger partial charge in [-0.3, -0.25) is 0 Å². The zero-order chi connectivity index (χ0) is 23.4. The van der Waals surface area contributed by atoms with Gasteiger partial charge in [0.2, 0.25) is 0 Å². The lowest BCUT2D eigenvalue weighted by molar-refractivity contribution is 0.0697. The molecule has 33 heavy (non-hydrogen) atoms. The summed E-state index contributed by atoms with van der Waals surface area (Å²) in [5.74, 6) is -0.928. The van der Waals surface area contributed by atoms with Crippen LogP contribution in [0, 0.1) is 6.92 Å². The molecule has 0 fully saturated rings. The van der Waals surface area contributed by atoms with Crippen molar-refractivity contribution in [2.45, 2.75) is 46.1 Å². The van der Waals surface area contributed by atoms with Crippen molar-refractivity contribution >= 4 is 11.6 Å². The van der Waals surface area contributed by atoms with Gasteiger partial charge in [0.1, 0.15) is 11.8 Å². The highest BCUT2D eigenvalue weighted by Crippen LogP contribution is 2.31. The number of pyridine rings is 1. The van der Waals surface area contributed by atoms with Crippen LogP contribution in [0.5, 0.6) is 0 Å². The summed E-state index contributed by atoms with van der Waals surface area (Å²) < 4.78 is 8.38. The Morgan fingerprint density at radius 3 is 2.52 bits per heavy atom. The van der Waals surface area contributed by atoms with E-state index in [0.29, 0.717) is 17.7 Å². The Bertz CT molecular complexity index is 1260. The number of benzene rings is 2. The number of aromatic carboxylic acids is 1. The quantitative estimate of drug-likeness (QED) is 0.322. The van der Waals surface area contributed by atoms with Gasteiger partial charge in [-0.1, -0.05) is 61.9 Å². The lowest BCUT2D eigenvalue weighted by atomic mass is 9.97. The van der Waals surface area contributed by atoms with E-state index in [0.717, 1.165) is 53.0 Å². The molecule has 4 rings (SSSR count). The molecule has 0 aliphatic heterocycles. The fraction of sp³-hybridized carbons (Fsp3) is 0.286. The van der Waals surface area contributed by atoms with Gasteiger partial charge in [-0.15, -0.1) is 0 Å². The second-order valence-corrected chi connectivity index (χ2v) is 8.28. The third-order valence-corrected chi connectivity index (χ3v) is 5.96. The van der Waals surface area contributed by atoms with Gasteiger partial charge in [0.15, 0.2) is 0 Å². The molecule has 0 radical (unpaired) electrons. The van der Waals surface area contributed by atoms with Crippen molar-refractivity contribution in [3.8, 4) is 11.1 Å². The molecule has 2 aromatic carbocycles. The molecule has 170 valence electrons. The summed E-state index contributed by atoms with van der Waals surface area (Å²) in [6.07, 6.45) is 5.10. The second-order valence-electron chi connectivity index (χ2n) is 8.28. The second kappa shape index (κ2) is 10.0. The Morgan fingerprint density at radius 1 is 1.06 bits per heavy atom. The lowest BCUT2D eigenvalue weighted by Crippen LogP contribution is -2.11. The maximum Gasteiger partial charge on any atom is 0.336 e. The molecule has 1 atom stereocenters. The smallest absolute Gasteiger partial charge is 0.336 e. The van der Waals surface area contributed by atoms with E-state index in [2.05, 4.69) is 36.6 Å². The van der Waals surface area contributed by atoms with Gasteiger partial charge in [0, 0.05) is 12.8 Å². The largest absolute Gasteiger partial charge is 0.478 e. The van der Waals surface area contributed by atoms with Crippen LogP contribution in [-0.2, 0) is 11.2 Å². The molecule has 0 aliphatic rings. The maximum absolute atomic E-state index is 11.6. The molecule has 0 saturated carbocycles. The van der Waals surface area contributed by atoms with Crippen molar-refractivity contribution in [3.63, 3.8) is 0 Å². The summed E-state index contributed by atoms with van der Waals surface area (Å²) in [4.78, 5) is 16.5. The Morgan fingerprint density at radius 2 is 1.82 bits per heavy atom. The number of imidazole rings is 1. The number of hydrogen-bond donors (Lipinski definition) is 1. The van der Waals surface area contributed by atoms with Gasteiger partial charge < -0.3 is 14.2 Å². The van der Waals surface area contributed by atoms with Crippen molar-refractivity contribution in [1.82, 2.24) is 9.38 Å². The van der Waals surface area contributed by atoms with E-state index in [9.17, 15) is 9.90 Å². The van der Waals surface area contributed by atoms with E-state index < -0.39 is 5.97 Å². The summed E-state index contributed by atoms with van der Waals surface area (Å²) in [6.45, 7) is 6.84. The van der Waals surface area contributed by atoms with Crippen LogP contribution in [0.15, 0.2) is 66.9 Å². The minimum atomic E-state index is -0.928. The summed E-state index contributed by atoms with van der Waals surface area (Å²) in [5, 5.41) is 9.54. The van der Waals surface area contributed by atoms with Crippen molar-refractivity contribution < 1.29 is 14.6 Å². The van der Waals surface area contributed by atoms with Crippen molar-refractivity contribution in [1.29, 1.82) is 0 Å². The Kier molecular flexibility index (Phi) is 6.90. The number of aryl methyl sites for hydroxylation is 2. The number of ether oxygens (including phenoxy) is 1. The minimum absolute atomic E-state index is 0.255. The molecule has 1 N–H and O–H groups in total. The number of carbonyl (C=O) groups is 1. The first kappa shape index (κ1) is 22.7. The van der Waals surface area contributed by atoms with Crippen LogP contribution < -0.4 is 0 Å². The van der Waals surface area contributed by atoms with E-state index in [-0.39, 0.29) is 6.10 Å². The van der Waals surface area contributed by atoms with Gasteiger partial charge in [-0.05, 0) is 61.1 Å². The molecule has 0 saturated heterocycles. The van der Waals surface area contributed by atoms with Crippen molar-refractivity contribution in [2.75, 3.05) is 6.61 Å². The zero-order valence-corrected chi connectivity index (χ0v) is 19.4. The zero-order valence-electron chi connectivity index (χ0n) is 19.4. The molecule has 4 aromatic rings. The number of nitrogens with zero attached hydrogens (tertiary/aromatic N) is 2. The van der Waals surface area contributed by atoms with E-state index in [1.54, 1.807) is 12.1 Å². The maximum atomic E-state index is 11.6. The fourth-order valence-corrected chi connectivity index (χ4v) is 4.24. The number of unbranched alkanes of at least 4 members (excludes halogenated alkanes) is 1. The normalized spacial score (nSPS) is 12.2. The van der Waals surface area contributed by atoms with E-state index in [1.807, 2.05) is 43.3 Å². The molecular formula is C28H30N2O3. The number of carboxylic acid groups (broad SMARTS) is 1. The van der Waals surface area contributed by atoms with Crippen LogP contribution in [0.4, 0.5) is 0 Å². The van der Waals surface area contributed by atoms with Gasteiger partial charge in [-0.2, -0.15) is 0 Å². The van der Waals surface area contributed by atoms with Crippen LogP contribution in [0.1, 0.15) is 65.7 Å². The van der Waals surface area contributed by atoms with Crippen LogP contribution in [0.2, 0.25) is 0 Å². The van der Waals surface area contributed by atoms with Crippen LogP contribution >= 0.6 is 0 Å². The number of hydrogen-bond acceptors (Lipinski definition) is 3. The predicted octanol–water partition coefficient (Wildman–Crippen LogP) is 6.48. The standard InChI is InChI=1S/C28H30N2O3/c1-4-6-9-22-18-30-25(17-12-19(3)27(30)29-22)26(33-5-2)21-15-13-20(14-16-21)23-10-7-8-11-24(23)28(31)32/h7-8,10-18,26H,4-6,9H2,1-3H3,(H,31,32). The SMILES string of the molecule is CCCCc1cn2c(C(OCC)c3ccc(-c4ccccc4C(=O)O)cc3)ccc(C)c2n1. The Labute approximate surface area is 194 Å². The average Bonchev–Trinajstić information content (AvgIpc) is 3.27. The van der Waals surface area contributed by atoms with Gasteiger partial charge in [0.05, 0.1) is 17.0 Å². The Hall–Kier alpha value is -3.44. The molecule has 2 aromatic heterocycles. The number of rotatable bonds is 9. The number of fused-ring (bicyclic) bond motifs is 1. The van der Waals surface area contributed by atoms with E-state index in [4.69, 9.17) is 9.72 Å². The number of carboxylic acids is 1.